The van der Waals surface area contributed by atoms with Crippen LogP contribution in [-0.4, -0.2) is 66.4 Å². The lowest BCUT2D eigenvalue weighted by Crippen LogP contribution is -2.47. The molecule has 0 unspecified atom stereocenters. The molecule has 1 aliphatic rings. The molecule has 0 aromatic heterocycles. The minimum atomic E-state index is -0.479. The minimum absolute atomic E-state index is 0.176. The van der Waals surface area contributed by atoms with Crippen LogP contribution in [0.15, 0.2) is 84.9 Å². The number of hydrogen-bond donors (Lipinski definition) is 3. The number of fused-ring (bicyclic) bond motifs is 1. The number of phenolic OH excluding ortho intramolecular Hbond substituents is 1. The van der Waals surface area contributed by atoms with Gasteiger partial charge in [0.2, 0.25) is 5.91 Å². The molecule has 0 spiro atoms. The van der Waals surface area contributed by atoms with E-state index in [9.17, 15) is 4.79 Å². The van der Waals surface area contributed by atoms with E-state index in [0.29, 0.717) is 17.7 Å². The summed E-state index contributed by atoms with van der Waals surface area (Å²) in [5.41, 5.74) is 8.40. The molecular formula is C32H36N4O3. The summed E-state index contributed by atoms with van der Waals surface area (Å²) in [6.45, 7) is 8.76. The Balaban J connectivity index is 0.000000270. The number of amides is 1. The van der Waals surface area contributed by atoms with Gasteiger partial charge < -0.3 is 21.0 Å². The van der Waals surface area contributed by atoms with Crippen molar-refractivity contribution < 1.29 is 14.6 Å². The van der Waals surface area contributed by atoms with Gasteiger partial charge in [-0.25, -0.2) is 0 Å². The number of carbonyl (C=O) groups excluding carboxylic acids is 1. The van der Waals surface area contributed by atoms with E-state index in [1.54, 1.807) is 13.0 Å². The molecule has 0 saturated carbocycles. The van der Waals surface area contributed by atoms with Gasteiger partial charge in [0.05, 0.1) is 0 Å². The average molecular weight is 525 g/mol. The predicted molar refractivity (Wildman–Crippen MR) is 157 cm³/mol. The first-order chi connectivity index (χ1) is 18.9. The fourth-order valence-corrected chi connectivity index (χ4v) is 4.65. The van der Waals surface area contributed by atoms with Gasteiger partial charge in [0.15, 0.2) is 0 Å². The zero-order valence-electron chi connectivity index (χ0n) is 22.3. The van der Waals surface area contributed by atoms with Crippen LogP contribution in [0.2, 0.25) is 0 Å². The standard InChI is InChI=1S/C24H27N3O.C8H9NO2/c25-18-21-10-11-24(23-9-5-4-8-22(21)23)28-17-16-26-12-14-27(15-13-26)19-20-6-2-1-3-7-20;1-5-4-6(8(9)11)2-3-7(5)10/h1-11,18,25H,12-17,19H2;2-4,10H,1H3,(H2,9,11). The number of nitrogens with zero attached hydrogens (tertiary/aromatic N) is 2. The van der Waals surface area contributed by atoms with Crippen LogP contribution in [0.4, 0.5) is 0 Å². The molecular weight excluding hydrogens is 488 g/mol. The third-order valence-electron chi connectivity index (χ3n) is 6.93. The first-order valence-corrected chi connectivity index (χ1v) is 13.2. The maximum atomic E-state index is 10.6. The van der Waals surface area contributed by atoms with Crippen molar-refractivity contribution in [2.75, 3.05) is 39.3 Å². The summed E-state index contributed by atoms with van der Waals surface area (Å²) in [4.78, 5) is 15.6. The highest BCUT2D eigenvalue weighted by Crippen LogP contribution is 2.28. The third-order valence-corrected chi connectivity index (χ3v) is 6.93. The molecule has 1 amide bonds. The van der Waals surface area contributed by atoms with Crippen LogP contribution >= 0.6 is 0 Å². The van der Waals surface area contributed by atoms with Crippen LogP contribution in [0.5, 0.6) is 11.5 Å². The summed E-state index contributed by atoms with van der Waals surface area (Å²) < 4.78 is 6.11. The largest absolute Gasteiger partial charge is 0.508 e. The summed E-state index contributed by atoms with van der Waals surface area (Å²) in [5.74, 6) is 0.604. The Morgan fingerprint density at radius 1 is 0.923 bits per heavy atom. The molecule has 7 nitrogen and oxygen atoms in total. The van der Waals surface area contributed by atoms with Gasteiger partial charge in [-0.1, -0.05) is 54.6 Å². The number of nitrogens with two attached hydrogens (primary N) is 1. The van der Waals surface area contributed by atoms with Crippen molar-refractivity contribution in [2.45, 2.75) is 13.5 Å². The number of piperazine rings is 1. The molecule has 0 aliphatic carbocycles. The van der Waals surface area contributed by atoms with E-state index in [1.807, 2.05) is 24.3 Å². The fraction of sp³-hybridized carbons (Fsp3) is 0.250. The first kappa shape index (κ1) is 27.8. The van der Waals surface area contributed by atoms with Gasteiger partial charge in [-0.05, 0) is 53.8 Å². The summed E-state index contributed by atoms with van der Waals surface area (Å²) >= 11 is 0. The summed E-state index contributed by atoms with van der Waals surface area (Å²) in [6.07, 6.45) is 1.40. The molecule has 0 bridgehead atoms. The number of aromatic hydroxyl groups is 1. The SMILES string of the molecule is Cc1cc(C(N)=O)ccc1O.N=Cc1ccc(OCCN2CCN(Cc3ccccc3)CC2)c2ccccc12. The van der Waals surface area contributed by atoms with Crippen molar-refractivity contribution in [3.63, 3.8) is 0 Å². The number of primary amides is 1. The second-order valence-corrected chi connectivity index (χ2v) is 9.66. The Morgan fingerprint density at radius 3 is 2.26 bits per heavy atom. The van der Waals surface area contributed by atoms with Gasteiger partial charge in [0.25, 0.3) is 0 Å². The van der Waals surface area contributed by atoms with Gasteiger partial charge in [0.1, 0.15) is 18.1 Å². The van der Waals surface area contributed by atoms with E-state index in [1.165, 1.54) is 23.9 Å². The summed E-state index contributed by atoms with van der Waals surface area (Å²) in [5, 5.41) is 18.8. The lowest BCUT2D eigenvalue weighted by atomic mass is 10.0. The van der Waals surface area contributed by atoms with Crippen molar-refractivity contribution in [3.05, 3.63) is 107 Å². The summed E-state index contributed by atoms with van der Waals surface area (Å²) in [6, 6.07) is 27.3. The van der Waals surface area contributed by atoms with Crippen LogP contribution < -0.4 is 10.5 Å². The monoisotopic (exact) mass is 524 g/mol. The van der Waals surface area contributed by atoms with Gasteiger partial charge >= 0.3 is 0 Å². The molecule has 202 valence electrons. The minimum Gasteiger partial charge on any atom is -0.508 e. The van der Waals surface area contributed by atoms with Gasteiger partial charge in [-0.3, -0.25) is 14.6 Å². The molecule has 0 atom stereocenters. The van der Waals surface area contributed by atoms with E-state index in [-0.39, 0.29) is 5.75 Å². The highest BCUT2D eigenvalue weighted by molar-refractivity contribution is 6.01. The third kappa shape index (κ3) is 7.66. The fourth-order valence-electron chi connectivity index (χ4n) is 4.65. The number of ether oxygens (including phenoxy) is 1. The Kier molecular flexibility index (Phi) is 9.67. The van der Waals surface area contributed by atoms with Crippen LogP contribution in [0, 0.1) is 12.3 Å². The van der Waals surface area contributed by atoms with Gasteiger partial charge in [-0.2, -0.15) is 0 Å². The normalized spacial score (nSPS) is 13.9. The lowest BCUT2D eigenvalue weighted by Gasteiger charge is -2.34. The second-order valence-electron chi connectivity index (χ2n) is 9.66. The molecule has 4 N–H and O–H groups in total. The maximum absolute atomic E-state index is 10.6. The molecule has 1 heterocycles. The van der Waals surface area contributed by atoms with Crippen molar-refractivity contribution in [2.24, 2.45) is 5.73 Å². The number of carbonyl (C=O) groups is 1. The highest BCUT2D eigenvalue weighted by atomic mass is 16.5. The molecule has 5 rings (SSSR count). The zero-order chi connectivity index (χ0) is 27.6. The Hall–Kier alpha value is -4.20. The molecule has 0 radical (unpaired) electrons. The second kappa shape index (κ2) is 13.6. The van der Waals surface area contributed by atoms with Crippen LogP contribution in [0.25, 0.3) is 10.8 Å². The summed E-state index contributed by atoms with van der Waals surface area (Å²) in [7, 11) is 0. The molecule has 7 heteroatoms. The number of hydrogen-bond acceptors (Lipinski definition) is 6. The first-order valence-electron chi connectivity index (χ1n) is 13.2. The van der Waals surface area contributed by atoms with Crippen LogP contribution in [0.1, 0.15) is 27.0 Å². The van der Waals surface area contributed by atoms with Gasteiger partial charge in [0, 0.05) is 62.0 Å². The molecule has 39 heavy (non-hydrogen) atoms. The average Bonchev–Trinajstić information content (AvgIpc) is 2.96. The van der Waals surface area contributed by atoms with Crippen molar-refractivity contribution in [1.82, 2.24) is 9.80 Å². The zero-order valence-corrected chi connectivity index (χ0v) is 22.3. The highest BCUT2D eigenvalue weighted by Gasteiger charge is 2.17. The van der Waals surface area contributed by atoms with Crippen molar-refractivity contribution in [1.29, 1.82) is 5.41 Å². The Bertz CT molecular complexity index is 1400. The molecule has 1 saturated heterocycles. The number of rotatable bonds is 8. The number of nitrogens with one attached hydrogen (secondary N) is 1. The number of phenols is 1. The molecule has 1 fully saturated rings. The van der Waals surface area contributed by atoms with Gasteiger partial charge in [-0.15, -0.1) is 0 Å². The number of aryl methyl sites for hydroxylation is 1. The van der Waals surface area contributed by atoms with E-state index in [2.05, 4.69) is 52.3 Å². The van der Waals surface area contributed by atoms with E-state index < -0.39 is 5.91 Å². The Labute approximate surface area is 229 Å². The molecule has 4 aromatic rings. The smallest absolute Gasteiger partial charge is 0.248 e. The van der Waals surface area contributed by atoms with Crippen LogP contribution in [-0.2, 0) is 6.54 Å². The van der Waals surface area contributed by atoms with Crippen molar-refractivity contribution in [3.8, 4) is 11.5 Å². The topological polar surface area (TPSA) is 103 Å². The molecule has 1 aliphatic heterocycles. The maximum Gasteiger partial charge on any atom is 0.248 e. The molecule has 4 aromatic carbocycles. The quantitative estimate of drug-likeness (QED) is 0.287. The van der Waals surface area contributed by atoms with E-state index >= 15 is 0 Å². The number of benzene rings is 4. The predicted octanol–water partition coefficient (Wildman–Crippen LogP) is 4.83. The Morgan fingerprint density at radius 2 is 1.59 bits per heavy atom. The lowest BCUT2D eigenvalue weighted by molar-refractivity contribution is 0.1000. The van der Waals surface area contributed by atoms with E-state index in [4.69, 9.17) is 21.0 Å². The van der Waals surface area contributed by atoms with Crippen molar-refractivity contribution >= 4 is 22.9 Å². The van der Waals surface area contributed by atoms with E-state index in [0.717, 1.165) is 61.4 Å². The van der Waals surface area contributed by atoms with Crippen LogP contribution in [0.3, 0.4) is 0 Å².